The number of aldehydes is 1. The van der Waals surface area contributed by atoms with Crippen LogP contribution in [0.15, 0.2) is 47.9 Å². The Hall–Kier alpha value is -7.47. The summed E-state index contributed by atoms with van der Waals surface area (Å²) in [5.74, 6) is -1.72. The lowest BCUT2D eigenvalue weighted by atomic mass is 9.92. The van der Waals surface area contributed by atoms with Crippen molar-refractivity contribution < 1.29 is 71.5 Å². The number of carbonyl (C=O) groups excluding carboxylic acids is 7. The van der Waals surface area contributed by atoms with Crippen LogP contribution in [0.5, 0.6) is 0 Å². The Labute approximate surface area is 359 Å². The monoisotopic (exact) mass is 886 g/mol. The van der Waals surface area contributed by atoms with Gasteiger partial charge in [-0.15, -0.1) is 0 Å². The van der Waals surface area contributed by atoms with Gasteiger partial charge in [0.25, 0.3) is 0 Å². The smallest absolute Gasteiger partial charge is 0.489 e. The Morgan fingerprint density at radius 3 is 1.62 bits per heavy atom. The number of guanidine groups is 2. The van der Waals surface area contributed by atoms with E-state index in [-0.39, 0.29) is 38.0 Å². The molecule has 0 radical (unpaired) electrons. The number of benzene rings is 1. The van der Waals surface area contributed by atoms with Gasteiger partial charge in [0.15, 0.2) is 60.6 Å². The van der Waals surface area contributed by atoms with Crippen LogP contribution in [0.4, 0.5) is 19.2 Å². The molecule has 2 saturated heterocycles. The number of nitrogens with one attached hydrogen (secondary N) is 8. The molecule has 4 amide bonds. The fourth-order valence-electron chi connectivity index (χ4n) is 7.29. The predicted octanol–water partition coefficient (Wildman–Crippen LogP) is -1.47. The van der Waals surface area contributed by atoms with E-state index in [1.54, 1.807) is 19.1 Å². The minimum Gasteiger partial charge on any atom is -0.489 e. The number of amides is 4. The molecule has 12 N–H and O–H groups in total. The van der Waals surface area contributed by atoms with Crippen LogP contribution in [0.1, 0.15) is 31.9 Å². The standard InChI is InChI=1S/C38H50N10O15/c1-17-11-23(47-33(39)40)27(45-18(2)50)31(58-17)29(25-15-56-37(54)60-25)62-35(52)43-9-7-20-5-4-6-21(12-20)8-10-44-36(53)63-30(26-16-57-38(55)61-26)32-28(46-19(3)51)24(48-34(41)42)13-22(14-49)59-32/h4-6,11-14,23-32H,7-10,15-16H2,1-3H3,(H,43,52)(H,44,53)(H,45,50)(H,46,51)(H4,39,40,47)(H4,41,42,48)/t23-,24-,25+,26+,27+,28+,29+,30+,31+,32+/m0/s1. The molecule has 5 rings (SSSR count). The van der Waals surface area contributed by atoms with Crippen molar-refractivity contribution >= 4 is 54.5 Å². The summed E-state index contributed by atoms with van der Waals surface area (Å²) in [6.07, 6.45) is -7.41. The Morgan fingerprint density at radius 2 is 1.21 bits per heavy atom. The average Bonchev–Trinajstić information content (AvgIpc) is 3.84. The maximum absolute atomic E-state index is 13.2. The molecule has 4 aliphatic heterocycles. The highest BCUT2D eigenvalue weighted by Crippen LogP contribution is 2.29. The zero-order valence-electron chi connectivity index (χ0n) is 34.3. The summed E-state index contributed by atoms with van der Waals surface area (Å²) in [6, 6.07) is 3.55. The van der Waals surface area contributed by atoms with Gasteiger partial charge in [0.05, 0.1) is 29.9 Å². The van der Waals surface area contributed by atoms with Crippen molar-refractivity contribution in [3.8, 4) is 0 Å². The third-order valence-electron chi connectivity index (χ3n) is 9.78. The van der Waals surface area contributed by atoms with E-state index in [1.165, 1.54) is 19.9 Å². The minimum absolute atomic E-state index is 0.0617. The summed E-state index contributed by atoms with van der Waals surface area (Å²) in [7, 11) is 0. The van der Waals surface area contributed by atoms with E-state index in [0.29, 0.717) is 24.9 Å². The molecule has 0 unspecified atom stereocenters. The van der Waals surface area contributed by atoms with E-state index < -0.39 is 103 Å². The molecule has 4 heterocycles. The van der Waals surface area contributed by atoms with Crippen molar-refractivity contribution in [3.05, 3.63) is 59.1 Å². The lowest BCUT2D eigenvalue weighted by molar-refractivity contribution is -0.126. The predicted molar refractivity (Wildman–Crippen MR) is 213 cm³/mol. The molecule has 25 nitrogen and oxygen atoms in total. The van der Waals surface area contributed by atoms with Crippen molar-refractivity contribution in [1.82, 2.24) is 31.9 Å². The van der Waals surface area contributed by atoms with Crippen LogP contribution in [-0.2, 0) is 65.1 Å². The van der Waals surface area contributed by atoms with E-state index in [1.807, 2.05) is 18.2 Å². The molecule has 0 spiro atoms. The van der Waals surface area contributed by atoms with Gasteiger partial charge in [0, 0.05) is 26.9 Å². The van der Waals surface area contributed by atoms with Gasteiger partial charge in [-0.2, -0.15) is 0 Å². The largest absolute Gasteiger partial charge is 0.508 e. The normalized spacial score (nSPS) is 25.7. The number of rotatable bonds is 17. The number of ether oxygens (including phenoxy) is 8. The van der Waals surface area contributed by atoms with Gasteiger partial charge in [-0.25, -0.2) is 19.2 Å². The van der Waals surface area contributed by atoms with E-state index in [9.17, 15) is 33.6 Å². The molecule has 63 heavy (non-hydrogen) atoms. The quantitative estimate of drug-likeness (QED) is 0.0281. The van der Waals surface area contributed by atoms with Crippen LogP contribution in [-0.4, -0.2) is 142 Å². The highest BCUT2D eigenvalue weighted by molar-refractivity contribution is 5.78. The molecule has 342 valence electrons. The molecular weight excluding hydrogens is 836 g/mol. The van der Waals surface area contributed by atoms with E-state index in [4.69, 9.17) is 60.2 Å². The summed E-state index contributed by atoms with van der Waals surface area (Å²) in [5, 5.41) is 31.5. The van der Waals surface area contributed by atoms with Gasteiger partial charge in [0.2, 0.25) is 11.8 Å². The number of alkyl carbamates (subject to hydrolysis) is 2. The van der Waals surface area contributed by atoms with E-state index in [0.717, 1.165) is 11.1 Å². The van der Waals surface area contributed by atoms with Gasteiger partial charge >= 0.3 is 24.5 Å². The fourth-order valence-corrected chi connectivity index (χ4v) is 7.29. The number of allylic oxidation sites excluding steroid dienone is 2. The van der Waals surface area contributed by atoms with Crippen molar-refractivity contribution in [2.24, 2.45) is 11.5 Å². The van der Waals surface area contributed by atoms with E-state index >= 15 is 0 Å². The first-order chi connectivity index (χ1) is 30.0. The summed E-state index contributed by atoms with van der Waals surface area (Å²) in [5.41, 5.74) is 12.7. The third-order valence-corrected chi connectivity index (χ3v) is 9.78. The molecule has 1 aromatic carbocycles. The molecule has 10 atom stereocenters. The molecule has 4 aliphatic rings. The minimum atomic E-state index is -1.43. The van der Waals surface area contributed by atoms with Crippen LogP contribution in [0.25, 0.3) is 0 Å². The Balaban J connectivity index is 1.18. The van der Waals surface area contributed by atoms with Gasteiger partial charge in [0.1, 0.15) is 13.2 Å². The summed E-state index contributed by atoms with van der Waals surface area (Å²) in [6.45, 7) is 3.66. The van der Waals surface area contributed by atoms with Crippen LogP contribution < -0.4 is 43.4 Å². The van der Waals surface area contributed by atoms with E-state index in [2.05, 4.69) is 31.9 Å². The second-order valence-electron chi connectivity index (χ2n) is 14.6. The second kappa shape index (κ2) is 21.4. The lowest BCUT2D eigenvalue weighted by Crippen LogP contribution is -2.64. The maximum Gasteiger partial charge on any atom is 0.508 e. The van der Waals surface area contributed by atoms with Gasteiger partial charge < -0.3 is 81.3 Å². The number of cyclic esters (lactones) is 4. The van der Waals surface area contributed by atoms with Gasteiger partial charge in [-0.3, -0.25) is 25.2 Å². The number of hydrogen-bond acceptors (Lipinski definition) is 17. The average molecular weight is 887 g/mol. The lowest BCUT2D eigenvalue weighted by Gasteiger charge is -2.41. The summed E-state index contributed by atoms with van der Waals surface area (Å²) >= 11 is 0. The first kappa shape index (κ1) is 46.6. The number of hydrogen-bond donors (Lipinski definition) is 10. The molecule has 0 bridgehead atoms. The van der Waals surface area contributed by atoms with Crippen molar-refractivity contribution in [1.29, 1.82) is 10.8 Å². The van der Waals surface area contributed by atoms with Crippen molar-refractivity contribution in [2.75, 3.05) is 26.3 Å². The first-order valence-electron chi connectivity index (χ1n) is 19.6. The van der Waals surface area contributed by atoms with Crippen molar-refractivity contribution in [3.63, 3.8) is 0 Å². The zero-order chi connectivity index (χ0) is 45.8. The summed E-state index contributed by atoms with van der Waals surface area (Å²) < 4.78 is 43.6. The first-order valence-corrected chi connectivity index (χ1v) is 19.6. The topological polar surface area (TPSA) is 365 Å². The zero-order valence-corrected chi connectivity index (χ0v) is 34.3. The molecular formula is C38H50N10O15. The highest BCUT2D eigenvalue weighted by atomic mass is 16.8. The van der Waals surface area contributed by atoms with Crippen LogP contribution >= 0.6 is 0 Å². The highest BCUT2D eigenvalue weighted by Gasteiger charge is 2.50. The van der Waals surface area contributed by atoms with Crippen molar-refractivity contribution in [2.45, 2.75) is 94.4 Å². The molecule has 1 aromatic rings. The fraction of sp³-hybridized carbons (Fsp3) is 0.500. The van der Waals surface area contributed by atoms with Gasteiger partial charge in [-0.1, -0.05) is 24.3 Å². The van der Waals surface area contributed by atoms with Crippen LogP contribution in [0.3, 0.4) is 0 Å². The number of carbonyl (C=O) groups is 7. The third kappa shape index (κ3) is 13.3. The van der Waals surface area contributed by atoms with Gasteiger partial charge in [-0.05, 0) is 43.0 Å². The molecule has 0 saturated carbocycles. The molecule has 0 aromatic heterocycles. The summed E-state index contributed by atoms with van der Waals surface area (Å²) in [4.78, 5) is 86.5. The Kier molecular flexibility index (Phi) is 15.8. The maximum atomic E-state index is 13.2. The van der Waals surface area contributed by atoms with Crippen LogP contribution in [0.2, 0.25) is 0 Å². The Morgan fingerprint density at radius 1 is 0.746 bits per heavy atom. The SMILES string of the molecule is CC(=O)N[C@H]1[C@H]([C@H](OC(=O)NCCc2cccc(CCNC(=O)O[C@@H]([C@@H]3OC(C=O)=C[C@H](NC(=N)N)[C@H]3NC(C)=O)[C@H]3COC(=O)O3)c2)[C@H]2COC(=O)O2)OC(C)=C[C@@H]1NC(=N)N. The second-order valence-corrected chi connectivity index (χ2v) is 14.6. The molecule has 2 fully saturated rings. The Bertz CT molecular complexity index is 2000. The molecule has 25 heteroatoms. The molecule has 0 aliphatic carbocycles. The van der Waals surface area contributed by atoms with Crippen LogP contribution in [0, 0.1) is 10.8 Å². The number of nitrogens with two attached hydrogens (primary N) is 2.